The number of sulfonamides is 1. The van der Waals surface area contributed by atoms with E-state index in [9.17, 15) is 23.1 Å². The van der Waals surface area contributed by atoms with E-state index in [1.54, 1.807) is 28.0 Å². The van der Waals surface area contributed by atoms with Gasteiger partial charge in [0.25, 0.3) is 0 Å². The van der Waals surface area contributed by atoms with Gasteiger partial charge in [-0.15, -0.1) is 11.3 Å². The number of aliphatic hydroxyl groups is 1. The third-order valence-electron chi connectivity index (χ3n) is 7.81. The molecule has 3 amide bonds. The number of aromatic nitrogens is 1. The summed E-state index contributed by atoms with van der Waals surface area (Å²) in [4.78, 5) is 35.4. The van der Waals surface area contributed by atoms with Crippen LogP contribution < -0.4 is 5.32 Å². The molecule has 1 aliphatic rings. The molecular formula is C33H45N5O5S2. The molecule has 12 heteroatoms. The van der Waals surface area contributed by atoms with Crippen LogP contribution in [0, 0.1) is 18.8 Å². The summed E-state index contributed by atoms with van der Waals surface area (Å²) in [5, 5.41) is 17.5. The Morgan fingerprint density at radius 3 is 2.24 bits per heavy atom. The van der Waals surface area contributed by atoms with Crippen molar-refractivity contribution in [3.8, 4) is 0 Å². The highest BCUT2D eigenvalue weighted by molar-refractivity contribution is 7.89. The second-order valence-electron chi connectivity index (χ2n) is 12.3. The van der Waals surface area contributed by atoms with Crippen LogP contribution in [-0.2, 0) is 27.8 Å². The van der Waals surface area contributed by atoms with Crippen molar-refractivity contribution in [2.75, 3.05) is 26.2 Å². The van der Waals surface area contributed by atoms with E-state index in [1.807, 2.05) is 70.3 Å². The van der Waals surface area contributed by atoms with E-state index in [1.165, 1.54) is 27.8 Å². The molecule has 0 bridgehead atoms. The van der Waals surface area contributed by atoms with E-state index in [-0.39, 0.29) is 48.2 Å². The number of amides is 3. The fraction of sp³-hybridized carbons (Fsp3) is 0.485. The topological polar surface area (TPSA) is 123 Å². The standard InChI is InChI=1S/C33H45N5O5S2/c1-23(2)19-37(45(42,43)28-14-10-7-11-15-28)21-30(39)29(18-26-12-8-6-9-13-26)35-32(40)31(24(3)4)38-17-16-36(33(38)41)20-27-22-44-25(5)34-27/h6-15,22-24,29-31,39H,16-21H2,1-5H3,(H,35,40)/t29-,30-,31-/m0/s1. The molecule has 1 aliphatic heterocycles. The number of nitrogens with zero attached hydrogens (tertiary/aromatic N) is 4. The number of hydrogen-bond acceptors (Lipinski definition) is 7. The third kappa shape index (κ3) is 8.90. The maximum Gasteiger partial charge on any atom is 0.321 e. The van der Waals surface area contributed by atoms with Crippen LogP contribution in [0.15, 0.2) is 70.9 Å². The van der Waals surface area contributed by atoms with E-state index in [2.05, 4.69) is 10.3 Å². The van der Waals surface area contributed by atoms with Gasteiger partial charge in [0.15, 0.2) is 0 Å². The molecule has 1 aromatic heterocycles. The Kier molecular flexibility index (Phi) is 11.8. The van der Waals surface area contributed by atoms with Gasteiger partial charge in [0.2, 0.25) is 15.9 Å². The van der Waals surface area contributed by atoms with Crippen LogP contribution in [0.5, 0.6) is 0 Å². The minimum atomic E-state index is -3.91. The Bertz CT molecular complexity index is 1510. The van der Waals surface area contributed by atoms with Crippen molar-refractivity contribution in [2.24, 2.45) is 11.8 Å². The number of nitrogens with one attached hydrogen (secondary N) is 1. The zero-order chi connectivity index (χ0) is 32.7. The zero-order valence-electron chi connectivity index (χ0n) is 26.7. The number of rotatable bonds is 15. The molecule has 1 saturated heterocycles. The molecule has 2 aromatic carbocycles. The van der Waals surface area contributed by atoms with Crippen LogP contribution in [0.2, 0.25) is 0 Å². The Morgan fingerprint density at radius 1 is 1.02 bits per heavy atom. The largest absolute Gasteiger partial charge is 0.390 e. The summed E-state index contributed by atoms with van der Waals surface area (Å²) in [5.41, 5.74) is 1.70. The van der Waals surface area contributed by atoms with Crippen molar-refractivity contribution in [3.05, 3.63) is 82.3 Å². The van der Waals surface area contributed by atoms with Crippen molar-refractivity contribution in [1.29, 1.82) is 0 Å². The normalized spacial score (nSPS) is 16.1. The summed E-state index contributed by atoms with van der Waals surface area (Å²) < 4.78 is 28.6. The Balaban J connectivity index is 1.56. The molecule has 4 rings (SSSR count). The Labute approximate surface area is 271 Å². The number of urea groups is 1. The maximum absolute atomic E-state index is 14.0. The highest BCUT2D eigenvalue weighted by atomic mass is 32.2. The van der Waals surface area contributed by atoms with E-state index in [4.69, 9.17) is 0 Å². The second kappa shape index (κ2) is 15.3. The highest BCUT2D eigenvalue weighted by Gasteiger charge is 2.40. The molecule has 0 spiro atoms. The predicted molar refractivity (Wildman–Crippen MR) is 176 cm³/mol. The van der Waals surface area contributed by atoms with Crippen LogP contribution in [0.1, 0.15) is 44.0 Å². The number of carbonyl (C=O) groups excluding carboxylic acids is 2. The second-order valence-corrected chi connectivity index (χ2v) is 15.3. The van der Waals surface area contributed by atoms with Gasteiger partial charge in [-0.1, -0.05) is 76.2 Å². The molecule has 0 radical (unpaired) electrons. The number of carbonyl (C=O) groups is 2. The lowest BCUT2D eigenvalue weighted by Crippen LogP contribution is -2.57. The van der Waals surface area contributed by atoms with Crippen LogP contribution in [0.25, 0.3) is 0 Å². The molecule has 0 saturated carbocycles. The van der Waals surface area contributed by atoms with Gasteiger partial charge in [-0.25, -0.2) is 18.2 Å². The van der Waals surface area contributed by atoms with E-state index in [0.29, 0.717) is 19.6 Å². The predicted octanol–water partition coefficient (Wildman–Crippen LogP) is 4.15. The average Bonchev–Trinajstić information content (AvgIpc) is 3.57. The number of aliphatic hydroxyl groups excluding tert-OH is 1. The van der Waals surface area contributed by atoms with Gasteiger partial charge in [-0.3, -0.25) is 4.79 Å². The number of hydrogen-bond donors (Lipinski definition) is 2. The van der Waals surface area contributed by atoms with E-state index < -0.39 is 28.2 Å². The lowest BCUT2D eigenvalue weighted by molar-refractivity contribution is -0.128. The van der Waals surface area contributed by atoms with Crippen molar-refractivity contribution in [3.63, 3.8) is 0 Å². The van der Waals surface area contributed by atoms with Crippen LogP contribution in [-0.4, -0.2) is 88.9 Å². The molecule has 0 unspecified atom stereocenters. The molecule has 2 heterocycles. The van der Waals surface area contributed by atoms with Crippen molar-refractivity contribution in [2.45, 2.75) is 70.7 Å². The average molecular weight is 656 g/mol. The monoisotopic (exact) mass is 655 g/mol. The SMILES string of the molecule is Cc1nc(CN2CCN([C@H](C(=O)N[C@@H](Cc3ccccc3)[C@@H](O)CN(CC(C)C)S(=O)(=O)c3ccccc3)C(C)C)C2=O)cs1. The number of aryl methyl sites for hydroxylation is 1. The minimum Gasteiger partial charge on any atom is -0.390 e. The quantitative estimate of drug-likeness (QED) is 0.254. The maximum atomic E-state index is 14.0. The smallest absolute Gasteiger partial charge is 0.321 e. The van der Waals surface area contributed by atoms with Gasteiger partial charge < -0.3 is 20.2 Å². The lowest BCUT2D eigenvalue weighted by Gasteiger charge is -2.34. The molecule has 45 heavy (non-hydrogen) atoms. The van der Waals surface area contributed by atoms with Gasteiger partial charge in [0.05, 0.1) is 34.3 Å². The molecule has 1 fully saturated rings. The Hall–Kier alpha value is -3.32. The van der Waals surface area contributed by atoms with Gasteiger partial charge >= 0.3 is 6.03 Å². The van der Waals surface area contributed by atoms with E-state index >= 15 is 0 Å². The van der Waals surface area contributed by atoms with Crippen molar-refractivity contribution in [1.82, 2.24) is 24.4 Å². The van der Waals surface area contributed by atoms with Gasteiger partial charge in [-0.2, -0.15) is 4.31 Å². The van der Waals surface area contributed by atoms with Crippen LogP contribution >= 0.6 is 11.3 Å². The lowest BCUT2D eigenvalue weighted by atomic mass is 9.97. The molecular weight excluding hydrogens is 611 g/mol. The minimum absolute atomic E-state index is 0.000457. The summed E-state index contributed by atoms with van der Waals surface area (Å²) in [7, 11) is -3.91. The fourth-order valence-electron chi connectivity index (χ4n) is 5.66. The van der Waals surface area contributed by atoms with Crippen LogP contribution in [0.4, 0.5) is 4.79 Å². The molecule has 3 atom stereocenters. The number of thiazole rings is 1. The van der Waals surface area contributed by atoms with Gasteiger partial charge in [0, 0.05) is 31.6 Å². The molecule has 0 aliphatic carbocycles. The van der Waals surface area contributed by atoms with Crippen molar-refractivity contribution < 1.29 is 23.1 Å². The molecule has 2 N–H and O–H groups in total. The number of benzene rings is 2. The first kappa shape index (κ1) is 34.6. The third-order valence-corrected chi connectivity index (χ3v) is 10.5. The summed E-state index contributed by atoms with van der Waals surface area (Å²) in [6.45, 7) is 10.8. The first-order valence-electron chi connectivity index (χ1n) is 15.4. The van der Waals surface area contributed by atoms with Crippen LogP contribution in [0.3, 0.4) is 0 Å². The summed E-state index contributed by atoms with van der Waals surface area (Å²) in [6, 6.07) is 15.8. The molecule has 3 aromatic rings. The molecule has 10 nitrogen and oxygen atoms in total. The first-order valence-corrected chi connectivity index (χ1v) is 17.7. The van der Waals surface area contributed by atoms with E-state index in [0.717, 1.165) is 16.3 Å². The summed E-state index contributed by atoms with van der Waals surface area (Å²) in [5.74, 6) is -0.590. The van der Waals surface area contributed by atoms with Gasteiger partial charge in [-0.05, 0) is 42.9 Å². The summed E-state index contributed by atoms with van der Waals surface area (Å²) >= 11 is 1.53. The van der Waals surface area contributed by atoms with Gasteiger partial charge in [0.1, 0.15) is 6.04 Å². The Morgan fingerprint density at radius 2 is 1.67 bits per heavy atom. The molecule has 244 valence electrons. The van der Waals surface area contributed by atoms with Crippen molar-refractivity contribution >= 4 is 33.3 Å². The summed E-state index contributed by atoms with van der Waals surface area (Å²) in [6.07, 6.45) is -0.944. The first-order chi connectivity index (χ1) is 21.4. The zero-order valence-corrected chi connectivity index (χ0v) is 28.3. The highest BCUT2D eigenvalue weighted by Crippen LogP contribution is 2.23. The fourth-order valence-corrected chi connectivity index (χ4v) is 7.91.